The minimum atomic E-state index is -0.287. The van der Waals surface area contributed by atoms with Crippen LogP contribution in [0, 0.1) is 6.92 Å². The maximum absolute atomic E-state index is 12.1. The summed E-state index contributed by atoms with van der Waals surface area (Å²) < 4.78 is 5.61. The normalized spacial score (nSPS) is 10.2. The van der Waals surface area contributed by atoms with Crippen molar-refractivity contribution in [1.29, 1.82) is 0 Å². The number of aromatic amines is 1. The van der Waals surface area contributed by atoms with Crippen molar-refractivity contribution in [2.45, 2.75) is 6.92 Å². The summed E-state index contributed by atoms with van der Waals surface area (Å²) in [6.07, 6.45) is 1.46. The molecule has 0 radical (unpaired) electrons. The molecule has 1 heterocycles. The van der Waals surface area contributed by atoms with E-state index in [1.807, 2.05) is 31.2 Å². The minimum Gasteiger partial charge on any atom is -0.492 e. The molecule has 0 aliphatic carbocycles. The number of rotatable bonds is 5. The first kappa shape index (κ1) is 14.8. The summed E-state index contributed by atoms with van der Waals surface area (Å²) in [5.41, 5.74) is 1.21. The van der Waals surface area contributed by atoms with Crippen LogP contribution in [-0.4, -0.2) is 36.0 Å². The molecule has 5 heteroatoms. The van der Waals surface area contributed by atoms with E-state index in [0.29, 0.717) is 18.7 Å². The highest BCUT2D eigenvalue weighted by Crippen LogP contribution is 2.12. The predicted molar refractivity (Wildman–Crippen MR) is 80.7 cm³/mol. The van der Waals surface area contributed by atoms with Crippen molar-refractivity contribution in [2.24, 2.45) is 0 Å². The molecule has 0 saturated carbocycles. The number of carbonyl (C=O) groups excluding carboxylic acids is 1. The zero-order valence-corrected chi connectivity index (χ0v) is 12.1. The molecule has 1 amide bonds. The van der Waals surface area contributed by atoms with E-state index in [4.69, 9.17) is 4.74 Å². The summed E-state index contributed by atoms with van der Waals surface area (Å²) >= 11 is 0. The molecule has 0 aliphatic heterocycles. The van der Waals surface area contributed by atoms with Gasteiger partial charge in [0.1, 0.15) is 12.4 Å². The number of nitrogens with one attached hydrogen (secondary N) is 1. The van der Waals surface area contributed by atoms with Crippen LogP contribution < -0.4 is 10.3 Å². The van der Waals surface area contributed by atoms with Gasteiger partial charge in [-0.1, -0.05) is 12.1 Å². The summed E-state index contributed by atoms with van der Waals surface area (Å²) in [6.45, 7) is 2.84. The standard InChI is InChI=1S/C16H18N2O3/c1-12-4-3-5-14(10-12)21-9-8-18(2)16(20)13-6-7-17-15(19)11-13/h3-7,10-11H,8-9H2,1-2H3,(H,17,19). The van der Waals surface area contributed by atoms with Crippen LogP contribution in [0.4, 0.5) is 0 Å². The average molecular weight is 286 g/mol. The fourth-order valence-corrected chi connectivity index (χ4v) is 1.91. The fraction of sp³-hybridized carbons (Fsp3) is 0.250. The Hall–Kier alpha value is -2.56. The third-order valence-electron chi connectivity index (χ3n) is 3.05. The Morgan fingerprint density at radius 2 is 2.10 bits per heavy atom. The Morgan fingerprint density at radius 1 is 1.29 bits per heavy atom. The third kappa shape index (κ3) is 4.21. The molecule has 0 bridgehead atoms. The van der Waals surface area contributed by atoms with Crippen molar-refractivity contribution in [3.8, 4) is 5.75 Å². The van der Waals surface area contributed by atoms with Gasteiger partial charge in [-0.15, -0.1) is 0 Å². The molecule has 1 aromatic heterocycles. The summed E-state index contributed by atoms with van der Waals surface area (Å²) in [6, 6.07) is 10.6. The SMILES string of the molecule is Cc1cccc(OCCN(C)C(=O)c2cc[nH]c(=O)c2)c1. The molecule has 2 aromatic rings. The lowest BCUT2D eigenvalue weighted by Crippen LogP contribution is -2.31. The molecule has 21 heavy (non-hydrogen) atoms. The quantitative estimate of drug-likeness (QED) is 0.912. The number of hydrogen-bond donors (Lipinski definition) is 1. The highest BCUT2D eigenvalue weighted by atomic mass is 16.5. The minimum absolute atomic E-state index is 0.200. The molecule has 0 unspecified atom stereocenters. The Bertz CT molecular complexity index is 679. The van der Waals surface area contributed by atoms with Crippen LogP contribution in [0.15, 0.2) is 47.4 Å². The van der Waals surface area contributed by atoms with Crippen LogP contribution in [0.5, 0.6) is 5.75 Å². The third-order valence-corrected chi connectivity index (χ3v) is 3.05. The van der Waals surface area contributed by atoms with Crippen LogP contribution in [0.3, 0.4) is 0 Å². The van der Waals surface area contributed by atoms with Crippen LogP contribution in [0.25, 0.3) is 0 Å². The Labute approximate surface area is 123 Å². The second-order valence-corrected chi connectivity index (χ2v) is 4.83. The van der Waals surface area contributed by atoms with E-state index in [9.17, 15) is 9.59 Å². The highest BCUT2D eigenvalue weighted by molar-refractivity contribution is 5.93. The number of pyridine rings is 1. The van der Waals surface area contributed by atoms with Gasteiger partial charge in [0.05, 0.1) is 6.54 Å². The van der Waals surface area contributed by atoms with E-state index in [2.05, 4.69) is 4.98 Å². The molecule has 1 aromatic carbocycles. The molecule has 1 N–H and O–H groups in total. The smallest absolute Gasteiger partial charge is 0.253 e. The molecule has 0 fully saturated rings. The maximum atomic E-state index is 12.1. The number of H-pyrrole nitrogens is 1. The van der Waals surface area contributed by atoms with Crippen molar-refractivity contribution in [1.82, 2.24) is 9.88 Å². The molecular formula is C16H18N2O3. The molecule has 0 saturated heterocycles. The van der Waals surface area contributed by atoms with Crippen molar-refractivity contribution in [3.05, 3.63) is 64.1 Å². The van der Waals surface area contributed by atoms with Crippen LogP contribution in [-0.2, 0) is 0 Å². The van der Waals surface area contributed by atoms with E-state index in [-0.39, 0.29) is 11.5 Å². The van der Waals surface area contributed by atoms with Crippen LogP contribution in [0.2, 0.25) is 0 Å². The number of nitrogens with zero attached hydrogens (tertiary/aromatic N) is 1. The van der Waals surface area contributed by atoms with E-state index in [1.165, 1.54) is 17.2 Å². The number of benzene rings is 1. The van der Waals surface area contributed by atoms with Gasteiger partial charge in [0.15, 0.2) is 0 Å². The van der Waals surface area contributed by atoms with Crippen molar-refractivity contribution in [3.63, 3.8) is 0 Å². The van der Waals surface area contributed by atoms with E-state index in [0.717, 1.165) is 11.3 Å². The van der Waals surface area contributed by atoms with E-state index < -0.39 is 0 Å². The van der Waals surface area contributed by atoms with Crippen LogP contribution in [0.1, 0.15) is 15.9 Å². The Balaban J connectivity index is 1.88. The van der Waals surface area contributed by atoms with Gasteiger partial charge in [0.25, 0.3) is 5.91 Å². The van der Waals surface area contributed by atoms with Crippen molar-refractivity contribution < 1.29 is 9.53 Å². The average Bonchev–Trinajstić information content (AvgIpc) is 2.46. The Kier molecular flexibility index (Phi) is 4.77. The summed E-state index contributed by atoms with van der Waals surface area (Å²) in [5, 5.41) is 0. The lowest BCUT2D eigenvalue weighted by molar-refractivity contribution is 0.0773. The van der Waals surface area contributed by atoms with Crippen molar-refractivity contribution in [2.75, 3.05) is 20.2 Å². The maximum Gasteiger partial charge on any atom is 0.253 e. The molecule has 110 valence electrons. The lowest BCUT2D eigenvalue weighted by Gasteiger charge is -2.17. The van der Waals surface area contributed by atoms with Gasteiger partial charge in [-0.3, -0.25) is 9.59 Å². The zero-order valence-electron chi connectivity index (χ0n) is 12.1. The van der Waals surface area contributed by atoms with E-state index >= 15 is 0 Å². The fourth-order valence-electron chi connectivity index (χ4n) is 1.91. The largest absolute Gasteiger partial charge is 0.492 e. The summed E-state index contributed by atoms with van der Waals surface area (Å²) in [4.78, 5) is 27.3. The predicted octanol–water partition coefficient (Wildman–Crippen LogP) is 1.83. The second kappa shape index (κ2) is 6.74. The molecule has 0 aliphatic rings. The van der Waals surface area contributed by atoms with Crippen LogP contribution >= 0.6 is 0 Å². The number of aromatic nitrogens is 1. The number of amides is 1. The molecule has 5 nitrogen and oxygen atoms in total. The second-order valence-electron chi connectivity index (χ2n) is 4.83. The van der Waals surface area contributed by atoms with E-state index in [1.54, 1.807) is 13.1 Å². The number of ether oxygens (including phenoxy) is 1. The van der Waals surface area contributed by atoms with Gasteiger partial charge in [0, 0.05) is 24.9 Å². The molecule has 2 rings (SSSR count). The van der Waals surface area contributed by atoms with Gasteiger partial charge in [-0.2, -0.15) is 0 Å². The Morgan fingerprint density at radius 3 is 2.81 bits per heavy atom. The number of likely N-dealkylation sites (N-methyl/N-ethyl adjacent to an activating group) is 1. The number of aryl methyl sites for hydroxylation is 1. The molecule has 0 spiro atoms. The first-order chi connectivity index (χ1) is 10.1. The van der Waals surface area contributed by atoms with Crippen molar-refractivity contribution >= 4 is 5.91 Å². The number of carbonyl (C=O) groups is 1. The van der Waals surface area contributed by atoms with Gasteiger partial charge in [-0.05, 0) is 30.7 Å². The van der Waals surface area contributed by atoms with Gasteiger partial charge in [0.2, 0.25) is 5.56 Å². The zero-order chi connectivity index (χ0) is 15.2. The molecular weight excluding hydrogens is 268 g/mol. The summed E-state index contributed by atoms with van der Waals surface area (Å²) in [5.74, 6) is 0.584. The summed E-state index contributed by atoms with van der Waals surface area (Å²) in [7, 11) is 1.68. The lowest BCUT2D eigenvalue weighted by atomic mass is 10.2. The van der Waals surface area contributed by atoms with Gasteiger partial charge < -0.3 is 14.6 Å². The first-order valence-corrected chi connectivity index (χ1v) is 6.70. The van der Waals surface area contributed by atoms with Gasteiger partial charge in [-0.25, -0.2) is 0 Å². The molecule has 0 atom stereocenters. The van der Waals surface area contributed by atoms with Gasteiger partial charge >= 0.3 is 0 Å². The monoisotopic (exact) mass is 286 g/mol. The number of hydrogen-bond acceptors (Lipinski definition) is 3. The topological polar surface area (TPSA) is 62.4 Å². The highest BCUT2D eigenvalue weighted by Gasteiger charge is 2.11. The first-order valence-electron chi connectivity index (χ1n) is 6.70.